The predicted molar refractivity (Wildman–Crippen MR) is 62.9 cm³/mol. The van der Waals surface area contributed by atoms with E-state index >= 15 is 0 Å². The van der Waals surface area contributed by atoms with E-state index in [0.717, 1.165) is 10.8 Å². The Kier molecular flexibility index (Phi) is 3.53. The molecule has 0 saturated heterocycles. The summed E-state index contributed by atoms with van der Waals surface area (Å²) in [4.78, 5) is 14.8. The maximum absolute atomic E-state index is 10.8. The highest BCUT2D eigenvalue weighted by Gasteiger charge is 2.07. The standard InChI is InChI=1S/C11H9BrN2O3/c1-7-13-11(17-14-7)6-16-10-3-2-9(12)4-8(10)5-15/h2-5H,6H2,1H3. The molecule has 88 valence electrons. The second-order valence-corrected chi connectivity index (χ2v) is 4.24. The number of hydrogen-bond acceptors (Lipinski definition) is 5. The average Bonchev–Trinajstić information content (AvgIpc) is 2.73. The quantitative estimate of drug-likeness (QED) is 0.811. The first-order valence-corrected chi connectivity index (χ1v) is 5.65. The normalized spacial score (nSPS) is 10.2. The van der Waals surface area contributed by atoms with E-state index in [0.29, 0.717) is 23.0 Å². The van der Waals surface area contributed by atoms with Crippen LogP contribution in [0.2, 0.25) is 0 Å². The molecule has 0 bridgehead atoms. The Hall–Kier alpha value is -1.69. The minimum Gasteiger partial charge on any atom is -0.483 e. The number of carbonyl (C=O) groups excluding carboxylic acids is 1. The Morgan fingerprint density at radius 3 is 3.00 bits per heavy atom. The lowest BCUT2D eigenvalue weighted by Crippen LogP contribution is -1.98. The molecule has 1 heterocycles. The number of aromatic nitrogens is 2. The summed E-state index contributed by atoms with van der Waals surface area (Å²) in [5, 5.41) is 3.64. The van der Waals surface area contributed by atoms with Gasteiger partial charge in [0.25, 0.3) is 5.89 Å². The Labute approximate surface area is 106 Å². The van der Waals surface area contributed by atoms with Crippen molar-refractivity contribution in [3.63, 3.8) is 0 Å². The van der Waals surface area contributed by atoms with Gasteiger partial charge in [0.2, 0.25) is 0 Å². The molecular formula is C11H9BrN2O3. The molecule has 1 aromatic carbocycles. The van der Waals surface area contributed by atoms with Gasteiger partial charge in [0.05, 0.1) is 5.56 Å². The van der Waals surface area contributed by atoms with Crippen molar-refractivity contribution in [2.45, 2.75) is 13.5 Å². The highest BCUT2D eigenvalue weighted by Crippen LogP contribution is 2.22. The number of aryl methyl sites for hydroxylation is 1. The first kappa shape index (κ1) is 11.8. The molecule has 0 atom stereocenters. The fourth-order valence-corrected chi connectivity index (χ4v) is 1.66. The molecule has 0 aliphatic rings. The van der Waals surface area contributed by atoms with Crippen LogP contribution in [0.15, 0.2) is 27.2 Å². The van der Waals surface area contributed by atoms with Gasteiger partial charge in [0.15, 0.2) is 18.7 Å². The number of aldehydes is 1. The summed E-state index contributed by atoms with van der Waals surface area (Å²) >= 11 is 3.28. The van der Waals surface area contributed by atoms with Gasteiger partial charge in [-0.25, -0.2) is 0 Å². The van der Waals surface area contributed by atoms with Gasteiger partial charge in [-0.15, -0.1) is 0 Å². The number of hydrogen-bond donors (Lipinski definition) is 0. The van der Waals surface area contributed by atoms with Crippen molar-refractivity contribution < 1.29 is 14.1 Å². The van der Waals surface area contributed by atoms with E-state index in [1.807, 2.05) is 0 Å². The molecule has 1 aromatic heterocycles. The third-order valence-corrected chi connectivity index (χ3v) is 2.51. The maximum Gasteiger partial charge on any atom is 0.264 e. The van der Waals surface area contributed by atoms with Crippen molar-refractivity contribution in [2.75, 3.05) is 0 Å². The fourth-order valence-electron chi connectivity index (χ4n) is 1.28. The van der Waals surface area contributed by atoms with Gasteiger partial charge < -0.3 is 9.26 Å². The molecule has 2 aromatic rings. The van der Waals surface area contributed by atoms with Crippen molar-refractivity contribution in [2.24, 2.45) is 0 Å². The van der Waals surface area contributed by atoms with E-state index in [2.05, 4.69) is 26.1 Å². The summed E-state index contributed by atoms with van der Waals surface area (Å²) in [6.45, 7) is 1.87. The van der Waals surface area contributed by atoms with Crippen molar-refractivity contribution in [3.8, 4) is 5.75 Å². The summed E-state index contributed by atoms with van der Waals surface area (Å²) in [6, 6.07) is 5.18. The van der Waals surface area contributed by atoms with Crippen LogP contribution in [0.5, 0.6) is 5.75 Å². The van der Waals surface area contributed by atoms with Gasteiger partial charge in [-0.3, -0.25) is 4.79 Å². The lowest BCUT2D eigenvalue weighted by atomic mass is 10.2. The van der Waals surface area contributed by atoms with Gasteiger partial charge >= 0.3 is 0 Å². The SMILES string of the molecule is Cc1noc(COc2ccc(Br)cc2C=O)n1. The monoisotopic (exact) mass is 296 g/mol. The third-order valence-electron chi connectivity index (χ3n) is 2.02. The van der Waals surface area contributed by atoms with E-state index in [-0.39, 0.29) is 6.61 Å². The van der Waals surface area contributed by atoms with Crippen LogP contribution in [0.4, 0.5) is 0 Å². The van der Waals surface area contributed by atoms with E-state index in [4.69, 9.17) is 9.26 Å². The van der Waals surface area contributed by atoms with Crippen LogP contribution in [-0.2, 0) is 6.61 Å². The number of carbonyl (C=O) groups is 1. The Bertz CT molecular complexity index is 539. The van der Waals surface area contributed by atoms with Gasteiger partial charge in [-0.1, -0.05) is 21.1 Å². The average molecular weight is 297 g/mol. The second kappa shape index (κ2) is 5.09. The lowest BCUT2D eigenvalue weighted by molar-refractivity contribution is 0.111. The number of halogens is 1. The summed E-state index contributed by atoms with van der Waals surface area (Å²) in [5.74, 6) is 1.41. The summed E-state index contributed by atoms with van der Waals surface area (Å²) < 4.78 is 11.2. The number of nitrogens with zero attached hydrogens (tertiary/aromatic N) is 2. The van der Waals surface area contributed by atoms with Gasteiger partial charge in [-0.05, 0) is 25.1 Å². The zero-order valence-corrected chi connectivity index (χ0v) is 10.6. The fraction of sp³-hybridized carbons (Fsp3) is 0.182. The van der Waals surface area contributed by atoms with Crippen molar-refractivity contribution in [1.29, 1.82) is 0 Å². The highest BCUT2D eigenvalue weighted by molar-refractivity contribution is 9.10. The smallest absolute Gasteiger partial charge is 0.264 e. The van der Waals surface area contributed by atoms with Crippen LogP contribution >= 0.6 is 15.9 Å². The molecule has 0 amide bonds. The molecule has 0 saturated carbocycles. The van der Waals surface area contributed by atoms with E-state index in [9.17, 15) is 4.79 Å². The molecule has 0 N–H and O–H groups in total. The maximum atomic E-state index is 10.8. The second-order valence-electron chi connectivity index (χ2n) is 3.32. The molecule has 0 radical (unpaired) electrons. The minimum absolute atomic E-state index is 0.142. The highest BCUT2D eigenvalue weighted by atomic mass is 79.9. The van der Waals surface area contributed by atoms with Crippen LogP contribution in [0.25, 0.3) is 0 Å². The van der Waals surface area contributed by atoms with Crippen molar-refractivity contribution >= 4 is 22.2 Å². The number of ether oxygens (including phenoxy) is 1. The molecule has 6 heteroatoms. The third kappa shape index (κ3) is 2.91. The van der Waals surface area contributed by atoms with Gasteiger partial charge in [0, 0.05) is 4.47 Å². The topological polar surface area (TPSA) is 65.2 Å². The van der Waals surface area contributed by atoms with E-state index < -0.39 is 0 Å². The van der Waals surface area contributed by atoms with Gasteiger partial charge in [0.1, 0.15) is 5.75 Å². The van der Waals surface area contributed by atoms with E-state index in [1.165, 1.54) is 0 Å². The van der Waals surface area contributed by atoms with Crippen LogP contribution in [0, 0.1) is 6.92 Å². The zero-order valence-electron chi connectivity index (χ0n) is 9.01. The number of rotatable bonds is 4. The summed E-state index contributed by atoms with van der Waals surface area (Å²) in [6.07, 6.45) is 0.735. The molecule has 5 nitrogen and oxygen atoms in total. The predicted octanol–water partition coefficient (Wildman–Crippen LogP) is 2.53. The number of benzene rings is 1. The van der Waals surface area contributed by atoms with Crippen molar-refractivity contribution in [3.05, 3.63) is 40.0 Å². The first-order chi connectivity index (χ1) is 8.19. The molecule has 0 aliphatic carbocycles. The minimum atomic E-state index is 0.142. The van der Waals surface area contributed by atoms with Crippen molar-refractivity contribution in [1.82, 2.24) is 10.1 Å². The molecular weight excluding hydrogens is 288 g/mol. The largest absolute Gasteiger partial charge is 0.483 e. The van der Waals surface area contributed by atoms with Crippen LogP contribution < -0.4 is 4.74 Å². The molecule has 0 aliphatic heterocycles. The summed E-state index contributed by atoms with van der Waals surface area (Å²) in [7, 11) is 0. The van der Waals surface area contributed by atoms with Gasteiger partial charge in [-0.2, -0.15) is 4.98 Å². The Balaban J connectivity index is 2.11. The first-order valence-electron chi connectivity index (χ1n) is 4.86. The van der Waals surface area contributed by atoms with Crippen LogP contribution in [0.3, 0.4) is 0 Å². The summed E-state index contributed by atoms with van der Waals surface area (Å²) in [5.41, 5.74) is 0.468. The Morgan fingerprint density at radius 2 is 2.35 bits per heavy atom. The molecule has 17 heavy (non-hydrogen) atoms. The molecule has 0 fully saturated rings. The lowest BCUT2D eigenvalue weighted by Gasteiger charge is -2.05. The molecule has 0 spiro atoms. The van der Waals surface area contributed by atoms with E-state index in [1.54, 1.807) is 25.1 Å². The Morgan fingerprint density at radius 1 is 1.53 bits per heavy atom. The van der Waals surface area contributed by atoms with Crippen LogP contribution in [-0.4, -0.2) is 16.4 Å². The molecule has 0 unspecified atom stereocenters. The zero-order chi connectivity index (χ0) is 12.3. The molecule has 2 rings (SSSR count). The van der Waals surface area contributed by atoms with Crippen LogP contribution in [0.1, 0.15) is 22.1 Å².